The zero-order chi connectivity index (χ0) is 24.5. The molecule has 0 saturated heterocycles. The minimum Gasteiger partial charge on any atom is -0.472 e. The maximum absolute atomic E-state index is 13.5. The molecule has 1 amide bonds. The van der Waals surface area contributed by atoms with Gasteiger partial charge in [0.05, 0.1) is 11.8 Å². The highest BCUT2D eigenvalue weighted by Gasteiger charge is 2.29. The van der Waals surface area contributed by atoms with E-state index < -0.39 is 0 Å². The number of amides is 1. The van der Waals surface area contributed by atoms with Crippen LogP contribution in [0, 0.1) is 0 Å². The van der Waals surface area contributed by atoms with Crippen LogP contribution in [0.3, 0.4) is 0 Å². The minimum atomic E-state index is -0.182. The number of carbonyl (C=O) groups excluding carboxylic acids is 1. The zero-order valence-electron chi connectivity index (χ0n) is 20.1. The number of rotatable bonds is 7. The fourth-order valence-electron chi connectivity index (χ4n) is 4.02. The maximum Gasteiger partial charge on any atom is 0.265 e. The Morgan fingerprint density at radius 2 is 2.00 bits per heavy atom. The number of carbonyl (C=O) groups is 1. The molecule has 3 aromatic heterocycles. The van der Waals surface area contributed by atoms with Crippen molar-refractivity contribution in [3.8, 4) is 28.4 Å². The molecule has 0 spiro atoms. The summed E-state index contributed by atoms with van der Waals surface area (Å²) in [6, 6.07) is 11.2. The van der Waals surface area contributed by atoms with Crippen molar-refractivity contribution in [3.05, 3.63) is 60.7 Å². The van der Waals surface area contributed by atoms with Gasteiger partial charge in [-0.25, -0.2) is 9.67 Å². The molecule has 5 rings (SSSR count). The molecule has 1 aliphatic rings. The number of nitrogens with zero attached hydrogens (tertiary/aromatic N) is 7. The summed E-state index contributed by atoms with van der Waals surface area (Å²) in [6.07, 6.45) is 5.17. The molecule has 4 heterocycles. The molecule has 0 fully saturated rings. The van der Waals surface area contributed by atoms with Gasteiger partial charge in [0.2, 0.25) is 0 Å². The van der Waals surface area contributed by atoms with Crippen LogP contribution in [0.1, 0.15) is 50.3 Å². The lowest BCUT2D eigenvalue weighted by Crippen LogP contribution is -2.39. The zero-order valence-corrected chi connectivity index (χ0v) is 20.1. The molecule has 4 aromatic rings. The van der Waals surface area contributed by atoms with E-state index in [4.69, 9.17) is 14.5 Å². The summed E-state index contributed by atoms with van der Waals surface area (Å²) in [5.74, 6) is 1.49. The van der Waals surface area contributed by atoms with E-state index in [9.17, 15) is 4.79 Å². The van der Waals surface area contributed by atoms with Crippen molar-refractivity contribution in [2.45, 2.75) is 40.0 Å². The van der Waals surface area contributed by atoms with E-state index in [-0.39, 0.29) is 24.9 Å². The molecule has 0 radical (unpaired) electrons. The van der Waals surface area contributed by atoms with Gasteiger partial charge in [-0.15, -0.1) is 10.2 Å². The highest BCUT2D eigenvalue weighted by Crippen LogP contribution is 2.32. The van der Waals surface area contributed by atoms with Crippen LogP contribution in [0.15, 0.2) is 55.1 Å². The van der Waals surface area contributed by atoms with Crippen molar-refractivity contribution < 1.29 is 14.3 Å². The van der Waals surface area contributed by atoms with E-state index in [1.165, 1.54) is 4.90 Å². The van der Waals surface area contributed by atoms with E-state index in [1.807, 2.05) is 54.9 Å². The van der Waals surface area contributed by atoms with E-state index in [0.717, 1.165) is 11.1 Å². The van der Waals surface area contributed by atoms with Gasteiger partial charge in [0.25, 0.3) is 5.91 Å². The summed E-state index contributed by atoms with van der Waals surface area (Å²) in [6.45, 7) is 8.65. The molecular formula is C25H27N7O3. The van der Waals surface area contributed by atoms with E-state index >= 15 is 0 Å². The molecule has 10 heteroatoms. The number of hydrogen-bond acceptors (Lipinski definition) is 7. The first kappa shape index (κ1) is 22.7. The third kappa shape index (κ3) is 4.28. The van der Waals surface area contributed by atoms with Gasteiger partial charge < -0.3 is 14.0 Å². The summed E-state index contributed by atoms with van der Waals surface area (Å²) in [5, 5.41) is 12.6. The van der Waals surface area contributed by atoms with Crippen LogP contribution in [0.4, 0.5) is 5.82 Å². The number of aromatic nitrogens is 6. The third-order valence-electron chi connectivity index (χ3n) is 5.89. The molecule has 180 valence electrons. The van der Waals surface area contributed by atoms with Crippen LogP contribution in [0.25, 0.3) is 22.6 Å². The molecule has 35 heavy (non-hydrogen) atoms. The monoisotopic (exact) mass is 473 g/mol. The predicted octanol–water partition coefficient (Wildman–Crippen LogP) is 4.34. The van der Waals surface area contributed by atoms with Gasteiger partial charge in [-0.1, -0.05) is 12.1 Å². The molecule has 0 bridgehead atoms. The maximum atomic E-state index is 13.5. The van der Waals surface area contributed by atoms with Crippen LogP contribution in [0.2, 0.25) is 0 Å². The van der Waals surface area contributed by atoms with Gasteiger partial charge in [0.1, 0.15) is 29.8 Å². The van der Waals surface area contributed by atoms with Gasteiger partial charge in [-0.05, 0) is 57.5 Å². The molecule has 0 aliphatic carbocycles. The Balaban J connectivity index is 1.44. The summed E-state index contributed by atoms with van der Waals surface area (Å²) < 4.78 is 15.2. The molecule has 1 unspecified atom stereocenters. The fraction of sp³-hybridized carbons (Fsp3) is 0.320. The quantitative estimate of drug-likeness (QED) is 0.394. The van der Waals surface area contributed by atoms with E-state index in [0.29, 0.717) is 35.3 Å². The van der Waals surface area contributed by atoms with Crippen molar-refractivity contribution in [1.29, 1.82) is 0 Å². The Bertz CT molecular complexity index is 1360. The minimum absolute atomic E-state index is 0.0717. The number of pyridine rings is 1. The highest BCUT2D eigenvalue weighted by atomic mass is 16.5. The van der Waals surface area contributed by atoms with Crippen molar-refractivity contribution in [2.75, 3.05) is 18.2 Å². The second kappa shape index (κ2) is 9.30. The molecular weight excluding hydrogens is 446 g/mol. The Morgan fingerprint density at radius 3 is 2.80 bits per heavy atom. The van der Waals surface area contributed by atoms with Crippen molar-refractivity contribution in [3.63, 3.8) is 0 Å². The summed E-state index contributed by atoms with van der Waals surface area (Å²) >= 11 is 0. The number of fused-ring (bicyclic) bond motifs is 1. The van der Waals surface area contributed by atoms with Crippen molar-refractivity contribution in [1.82, 2.24) is 29.5 Å². The molecule has 1 aliphatic heterocycles. The van der Waals surface area contributed by atoms with Crippen LogP contribution < -0.4 is 9.64 Å². The summed E-state index contributed by atoms with van der Waals surface area (Å²) in [7, 11) is 0. The second-order valence-corrected chi connectivity index (χ2v) is 8.52. The third-order valence-corrected chi connectivity index (χ3v) is 5.89. The highest BCUT2D eigenvalue weighted by molar-refractivity contribution is 6.09. The number of anilines is 1. The lowest BCUT2D eigenvalue weighted by molar-refractivity contribution is 0.0160. The molecule has 0 N–H and O–H groups in total. The molecule has 1 aromatic carbocycles. The topological polar surface area (TPSA) is 100 Å². The average Bonchev–Trinajstić information content (AvgIpc) is 3.55. The standard InChI is InChI=1S/C25H27N7O3/c1-5-34-17(4)32-13-19(12-27-32)18-9-10-22-20(11-18)25(33)31(15-35-22)23-8-6-7-21(28-23)24-29-26-14-30(24)16(2)3/h6-14,16-17H,5,15H2,1-4H3. The Hall–Kier alpha value is -4.05. The van der Waals surface area contributed by atoms with Gasteiger partial charge in [0.15, 0.2) is 12.6 Å². The first-order valence-corrected chi connectivity index (χ1v) is 11.6. The Labute approximate surface area is 203 Å². The SMILES string of the molecule is CCOC(C)n1cc(-c2ccc3c(c2)C(=O)N(c2cccc(-c4nncn4C(C)C)n2)CO3)cn1. The van der Waals surface area contributed by atoms with Crippen molar-refractivity contribution >= 4 is 11.7 Å². The van der Waals surface area contributed by atoms with Crippen LogP contribution >= 0.6 is 0 Å². The average molecular weight is 474 g/mol. The van der Waals surface area contributed by atoms with Crippen LogP contribution in [-0.4, -0.2) is 48.8 Å². The summed E-state index contributed by atoms with van der Waals surface area (Å²) in [4.78, 5) is 19.7. The number of ether oxygens (including phenoxy) is 2. The molecule has 0 saturated carbocycles. The normalized spacial score (nSPS) is 14.2. The first-order valence-electron chi connectivity index (χ1n) is 11.6. The smallest absolute Gasteiger partial charge is 0.265 e. The number of hydrogen-bond donors (Lipinski definition) is 0. The molecule has 10 nitrogen and oxygen atoms in total. The van der Waals surface area contributed by atoms with Gasteiger partial charge in [-0.3, -0.25) is 9.69 Å². The van der Waals surface area contributed by atoms with Crippen molar-refractivity contribution in [2.24, 2.45) is 0 Å². The fourth-order valence-corrected chi connectivity index (χ4v) is 4.02. The number of benzene rings is 1. The second-order valence-electron chi connectivity index (χ2n) is 8.52. The molecule has 1 atom stereocenters. The van der Waals surface area contributed by atoms with Crippen LogP contribution in [0.5, 0.6) is 5.75 Å². The Morgan fingerprint density at radius 1 is 1.14 bits per heavy atom. The van der Waals surface area contributed by atoms with Crippen LogP contribution in [-0.2, 0) is 4.74 Å². The van der Waals surface area contributed by atoms with E-state index in [2.05, 4.69) is 29.1 Å². The van der Waals surface area contributed by atoms with Gasteiger partial charge in [-0.2, -0.15) is 5.10 Å². The lowest BCUT2D eigenvalue weighted by Gasteiger charge is -2.28. The van der Waals surface area contributed by atoms with E-state index in [1.54, 1.807) is 23.3 Å². The Kier molecular flexibility index (Phi) is 6.04. The first-order chi connectivity index (χ1) is 17.0. The largest absolute Gasteiger partial charge is 0.472 e. The predicted molar refractivity (Wildman–Crippen MR) is 130 cm³/mol. The lowest BCUT2D eigenvalue weighted by atomic mass is 10.0. The van der Waals surface area contributed by atoms with Gasteiger partial charge >= 0.3 is 0 Å². The van der Waals surface area contributed by atoms with Gasteiger partial charge in [0, 0.05) is 24.4 Å². The summed E-state index contributed by atoms with van der Waals surface area (Å²) in [5.41, 5.74) is 2.86.